The smallest absolute Gasteiger partial charge is 0.353 e. The van der Waals surface area contributed by atoms with Crippen molar-refractivity contribution >= 4 is 5.69 Å². The molecule has 0 aliphatic carbocycles. The minimum Gasteiger partial charge on any atom is -0.472 e. The second-order valence-corrected chi connectivity index (χ2v) is 4.59. The molecule has 2 rings (SSSR count). The van der Waals surface area contributed by atoms with Gasteiger partial charge in [0.05, 0.1) is 29.1 Å². The Morgan fingerprint density at radius 3 is 2.86 bits per heavy atom. The Kier molecular flexibility index (Phi) is 4.66. The van der Waals surface area contributed by atoms with Gasteiger partial charge in [-0.1, -0.05) is 0 Å². The number of halogens is 1. The van der Waals surface area contributed by atoms with Gasteiger partial charge < -0.3 is 9.84 Å². The van der Waals surface area contributed by atoms with Gasteiger partial charge in [0.1, 0.15) is 11.5 Å². The summed E-state index contributed by atoms with van der Waals surface area (Å²) >= 11 is 0. The van der Waals surface area contributed by atoms with Crippen LogP contribution in [0.25, 0.3) is 5.69 Å². The molecule has 0 fully saturated rings. The van der Waals surface area contributed by atoms with Crippen LogP contribution in [0.1, 0.15) is 17.8 Å². The number of hydrogen-bond donors (Lipinski definition) is 1. The first-order valence-electron chi connectivity index (χ1n) is 6.56. The standard InChI is InChI=1S/C13H15FN4O4/c1-8-11(6-10(14)7-15-8)17-9(2)12(18(20)21)13(16-17)22-5-3-4-19/h6-7,19H,3-5H2,1-2H3. The van der Waals surface area contributed by atoms with E-state index in [1.54, 1.807) is 6.92 Å². The van der Waals surface area contributed by atoms with Gasteiger partial charge in [-0.2, -0.15) is 0 Å². The van der Waals surface area contributed by atoms with Crippen molar-refractivity contribution in [2.24, 2.45) is 0 Å². The largest absolute Gasteiger partial charge is 0.472 e. The first kappa shape index (κ1) is 15.8. The van der Waals surface area contributed by atoms with E-state index in [9.17, 15) is 14.5 Å². The number of aromatic nitrogens is 3. The van der Waals surface area contributed by atoms with E-state index in [-0.39, 0.29) is 30.5 Å². The number of nitro groups is 1. The number of aryl methyl sites for hydroxylation is 1. The number of aliphatic hydroxyl groups excluding tert-OH is 1. The zero-order valence-corrected chi connectivity index (χ0v) is 12.1. The molecule has 118 valence electrons. The second-order valence-electron chi connectivity index (χ2n) is 4.59. The summed E-state index contributed by atoms with van der Waals surface area (Å²) in [7, 11) is 0. The molecule has 2 aromatic rings. The molecule has 9 heteroatoms. The van der Waals surface area contributed by atoms with Crippen molar-refractivity contribution in [3.63, 3.8) is 0 Å². The fourth-order valence-corrected chi connectivity index (χ4v) is 1.95. The Morgan fingerprint density at radius 2 is 2.23 bits per heavy atom. The average Bonchev–Trinajstić information content (AvgIpc) is 2.78. The van der Waals surface area contributed by atoms with Gasteiger partial charge in [0.2, 0.25) is 0 Å². The van der Waals surface area contributed by atoms with Gasteiger partial charge in [-0.25, -0.2) is 9.07 Å². The van der Waals surface area contributed by atoms with E-state index in [1.165, 1.54) is 17.7 Å². The quantitative estimate of drug-likeness (QED) is 0.495. The molecular formula is C13H15FN4O4. The summed E-state index contributed by atoms with van der Waals surface area (Å²) in [5, 5.41) is 24.0. The lowest BCUT2D eigenvalue weighted by Crippen LogP contribution is -2.05. The van der Waals surface area contributed by atoms with Gasteiger partial charge in [0.25, 0.3) is 0 Å². The van der Waals surface area contributed by atoms with Crippen LogP contribution < -0.4 is 4.74 Å². The molecule has 0 saturated carbocycles. The van der Waals surface area contributed by atoms with E-state index in [1.807, 2.05) is 0 Å². The zero-order valence-electron chi connectivity index (χ0n) is 12.1. The number of ether oxygens (including phenoxy) is 1. The molecule has 0 unspecified atom stereocenters. The van der Waals surface area contributed by atoms with Crippen LogP contribution in [0, 0.1) is 29.8 Å². The lowest BCUT2D eigenvalue weighted by molar-refractivity contribution is -0.386. The van der Waals surface area contributed by atoms with E-state index in [0.29, 0.717) is 17.8 Å². The monoisotopic (exact) mass is 310 g/mol. The predicted molar refractivity (Wildman–Crippen MR) is 74.6 cm³/mol. The molecule has 0 amide bonds. The molecule has 0 aliphatic heterocycles. The van der Waals surface area contributed by atoms with Gasteiger partial charge in [-0.05, 0) is 13.8 Å². The van der Waals surface area contributed by atoms with Crippen LogP contribution in [0.2, 0.25) is 0 Å². The van der Waals surface area contributed by atoms with Crippen molar-refractivity contribution in [2.45, 2.75) is 20.3 Å². The Hall–Kier alpha value is -2.55. The highest BCUT2D eigenvalue weighted by Gasteiger charge is 2.28. The van der Waals surface area contributed by atoms with Gasteiger partial charge >= 0.3 is 11.6 Å². The molecule has 22 heavy (non-hydrogen) atoms. The Labute approximate surface area is 125 Å². The average molecular weight is 310 g/mol. The van der Waals surface area contributed by atoms with Crippen molar-refractivity contribution in [3.8, 4) is 11.6 Å². The number of rotatable bonds is 6. The minimum atomic E-state index is -0.602. The fraction of sp³-hybridized carbons (Fsp3) is 0.385. The van der Waals surface area contributed by atoms with Gasteiger partial charge in [0.15, 0.2) is 0 Å². The SMILES string of the molecule is Cc1ncc(F)cc1-n1nc(OCCCO)c([N+](=O)[O-])c1C. The highest BCUT2D eigenvalue weighted by atomic mass is 19.1. The fourth-order valence-electron chi connectivity index (χ4n) is 1.95. The summed E-state index contributed by atoms with van der Waals surface area (Å²) in [6.45, 7) is 3.14. The summed E-state index contributed by atoms with van der Waals surface area (Å²) < 4.78 is 19.9. The topological polar surface area (TPSA) is 103 Å². The normalized spacial score (nSPS) is 10.7. The van der Waals surface area contributed by atoms with Crippen LogP contribution in [-0.4, -0.2) is 38.0 Å². The first-order valence-corrected chi connectivity index (χ1v) is 6.56. The third kappa shape index (κ3) is 3.03. The van der Waals surface area contributed by atoms with E-state index in [4.69, 9.17) is 9.84 Å². The maximum atomic E-state index is 13.4. The number of hydrogen-bond acceptors (Lipinski definition) is 6. The van der Waals surface area contributed by atoms with Crippen LogP contribution in [0.5, 0.6) is 5.88 Å². The summed E-state index contributed by atoms with van der Waals surface area (Å²) in [5.74, 6) is -0.736. The van der Waals surface area contributed by atoms with Crippen molar-refractivity contribution in [3.05, 3.63) is 39.6 Å². The predicted octanol–water partition coefficient (Wildman–Crippen LogP) is 1.69. The lowest BCUT2D eigenvalue weighted by Gasteiger charge is -2.06. The van der Waals surface area contributed by atoms with Crippen molar-refractivity contribution in [2.75, 3.05) is 13.2 Å². The first-order chi connectivity index (χ1) is 10.5. The molecule has 0 radical (unpaired) electrons. The molecule has 0 atom stereocenters. The summed E-state index contributed by atoms with van der Waals surface area (Å²) in [5.41, 5.74) is 0.697. The summed E-state index contributed by atoms with van der Waals surface area (Å²) in [6.07, 6.45) is 1.38. The molecule has 0 bridgehead atoms. The summed E-state index contributed by atoms with van der Waals surface area (Å²) in [6, 6.07) is 1.20. The molecule has 2 aromatic heterocycles. The van der Waals surface area contributed by atoms with E-state index in [2.05, 4.69) is 10.1 Å². The highest BCUT2D eigenvalue weighted by molar-refractivity contribution is 5.50. The molecule has 0 aromatic carbocycles. The minimum absolute atomic E-state index is 0.0914. The van der Waals surface area contributed by atoms with Gasteiger partial charge in [-0.3, -0.25) is 15.1 Å². The Bertz CT molecular complexity index is 702. The maximum absolute atomic E-state index is 13.4. The lowest BCUT2D eigenvalue weighted by atomic mass is 10.3. The summed E-state index contributed by atoms with van der Waals surface area (Å²) in [4.78, 5) is 14.5. The Balaban J connectivity index is 2.50. The van der Waals surface area contributed by atoms with Crippen LogP contribution >= 0.6 is 0 Å². The van der Waals surface area contributed by atoms with Crippen LogP contribution in [-0.2, 0) is 0 Å². The molecule has 8 nitrogen and oxygen atoms in total. The number of pyridine rings is 1. The van der Waals surface area contributed by atoms with Crippen LogP contribution in [0.4, 0.5) is 10.1 Å². The third-order valence-electron chi connectivity index (χ3n) is 3.03. The third-order valence-corrected chi connectivity index (χ3v) is 3.03. The second kappa shape index (κ2) is 6.48. The van der Waals surface area contributed by atoms with Gasteiger partial charge in [0, 0.05) is 19.1 Å². The van der Waals surface area contributed by atoms with Gasteiger partial charge in [-0.15, -0.1) is 5.10 Å². The van der Waals surface area contributed by atoms with Crippen LogP contribution in [0.3, 0.4) is 0 Å². The molecule has 0 saturated heterocycles. The molecule has 0 spiro atoms. The molecule has 1 N–H and O–H groups in total. The number of aliphatic hydroxyl groups is 1. The van der Waals surface area contributed by atoms with Crippen LogP contribution in [0.15, 0.2) is 12.3 Å². The van der Waals surface area contributed by atoms with Crippen molar-refractivity contribution in [1.82, 2.24) is 14.8 Å². The van der Waals surface area contributed by atoms with Crippen molar-refractivity contribution in [1.29, 1.82) is 0 Å². The Morgan fingerprint density at radius 1 is 1.50 bits per heavy atom. The maximum Gasteiger partial charge on any atom is 0.353 e. The number of nitrogens with zero attached hydrogens (tertiary/aromatic N) is 4. The van der Waals surface area contributed by atoms with Crippen molar-refractivity contribution < 1.29 is 19.2 Å². The molecular weight excluding hydrogens is 295 g/mol. The zero-order chi connectivity index (χ0) is 16.3. The molecule has 2 heterocycles. The van der Waals surface area contributed by atoms with E-state index < -0.39 is 10.7 Å². The van der Waals surface area contributed by atoms with E-state index in [0.717, 1.165) is 6.20 Å². The highest BCUT2D eigenvalue weighted by Crippen LogP contribution is 2.32. The van der Waals surface area contributed by atoms with E-state index >= 15 is 0 Å². The molecule has 0 aliphatic rings.